The first-order valence-corrected chi connectivity index (χ1v) is 9.01. The van der Waals surface area contributed by atoms with Gasteiger partial charge in [0, 0.05) is 45.3 Å². The molecule has 25 heavy (non-hydrogen) atoms. The van der Waals surface area contributed by atoms with Crippen molar-refractivity contribution >= 4 is 11.9 Å². The molecule has 6 nitrogen and oxygen atoms in total. The average Bonchev–Trinajstić information content (AvgIpc) is 2.62. The van der Waals surface area contributed by atoms with Crippen LogP contribution in [0.3, 0.4) is 0 Å². The molecular formula is C19H33N5O. The fourth-order valence-corrected chi connectivity index (χ4v) is 2.66. The fourth-order valence-electron chi connectivity index (χ4n) is 2.66. The van der Waals surface area contributed by atoms with Crippen LogP contribution in [0, 0.1) is 0 Å². The number of guanidine groups is 1. The van der Waals surface area contributed by atoms with Gasteiger partial charge in [0.1, 0.15) is 0 Å². The van der Waals surface area contributed by atoms with Crippen LogP contribution in [0.1, 0.15) is 36.7 Å². The summed E-state index contributed by atoms with van der Waals surface area (Å²) in [5.74, 6) is 0.750. The van der Waals surface area contributed by atoms with E-state index in [0.29, 0.717) is 11.6 Å². The standard InChI is InChI=1S/C19H33N5O/c1-6-24(15(2)3)13-12-23-19(21-5)22-11-10-16-8-7-9-17(14-16)18(25)20-4/h7-9,14-15H,6,10-13H2,1-5H3,(H,20,25)(H2,21,22,23). The first-order valence-electron chi connectivity index (χ1n) is 9.01. The molecule has 0 atom stereocenters. The van der Waals surface area contributed by atoms with E-state index in [0.717, 1.165) is 44.1 Å². The molecule has 1 aromatic carbocycles. The second-order valence-corrected chi connectivity index (χ2v) is 6.18. The molecule has 3 N–H and O–H groups in total. The lowest BCUT2D eigenvalue weighted by Crippen LogP contribution is -2.43. The minimum Gasteiger partial charge on any atom is -0.356 e. The summed E-state index contributed by atoms with van der Waals surface area (Å²) in [5.41, 5.74) is 1.82. The Bertz CT molecular complexity index is 557. The zero-order chi connectivity index (χ0) is 18.7. The number of likely N-dealkylation sites (N-methyl/N-ethyl adjacent to an activating group) is 1. The Morgan fingerprint density at radius 2 is 1.96 bits per heavy atom. The maximum Gasteiger partial charge on any atom is 0.251 e. The van der Waals surface area contributed by atoms with Crippen molar-refractivity contribution in [3.05, 3.63) is 35.4 Å². The molecule has 0 saturated carbocycles. The Labute approximate surface area is 152 Å². The summed E-state index contributed by atoms with van der Waals surface area (Å²) >= 11 is 0. The summed E-state index contributed by atoms with van der Waals surface area (Å²) in [7, 11) is 3.42. The van der Waals surface area contributed by atoms with Crippen molar-refractivity contribution in [3.8, 4) is 0 Å². The smallest absolute Gasteiger partial charge is 0.251 e. The molecule has 0 fully saturated rings. The molecule has 0 spiro atoms. The van der Waals surface area contributed by atoms with E-state index in [9.17, 15) is 4.79 Å². The molecule has 0 saturated heterocycles. The fraction of sp³-hybridized carbons (Fsp3) is 0.579. The summed E-state index contributed by atoms with van der Waals surface area (Å²) in [6.45, 7) is 10.3. The van der Waals surface area contributed by atoms with Gasteiger partial charge in [-0.15, -0.1) is 0 Å². The van der Waals surface area contributed by atoms with Crippen LogP contribution in [0.4, 0.5) is 0 Å². The van der Waals surface area contributed by atoms with Crippen LogP contribution in [-0.2, 0) is 6.42 Å². The monoisotopic (exact) mass is 347 g/mol. The van der Waals surface area contributed by atoms with Gasteiger partial charge in [-0.2, -0.15) is 0 Å². The maximum absolute atomic E-state index is 11.7. The Morgan fingerprint density at radius 1 is 1.24 bits per heavy atom. The molecule has 0 unspecified atom stereocenters. The van der Waals surface area contributed by atoms with E-state index in [4.69, 9.17) is 0 Å². The third kappa shape index (κ3) is 7.56. The van der Waals surface area contributed by atoms with Gasteiger partial charge in [-0.25, -0.2) is 0 Å². The number of hydrogen-bond acceptors (Lipinski definition) is 3. The maximum atomic E-state index is 11.7. The molecule has 6 heteroatoms. The molecule has 1 amide bonds. The lowest BCUT2D eigenvalue weighted by atomic mass is 10.1. The summed E-state index contributed by atoms with van der Waals surface area (Å²) < 4.78 is 0. The van der Waals surface area contributed by atoms with Crippen LogP contribution in [-0.4, -0.2) is 63.1 Å². The van der Waals surface area contributed by atoms with Crippen molar-refractivity contribution in [1.29, 1.82) is 0 Å². The SMILES string of the molecule is CCN(CCNC(=NC)NCCc1cccc(C(=O)NC)c1)C(C)C. The highest BCUT2D eigenvalue weighted by atomic mass is 16.1. The second kappa shape index (κ2) is 11.5. The van der Waals surface area contributed by atoms with Crippen LogP contribution in [0.15, 0.2) is 29.3 Å². The number of carbonyl (C=O) groups is 1. The number of benzene rings is 1. The molecule has 0 radical (unpaired) electrons. The van der Waals surface area contributed by atoms with Crippen molar-refractivity contribution < 1.29 is 4.79 Å². The average molecular weight is 348 g/mol. The second-order valence-electron chi connectivity index (χ2n) is 6.18. The van der Waals surface area contributed by atoms with Gasteiger partial charge in [0.05, 0.1) is 0 Å². The molecule has 0 aromatic heterocycles. The first-order chi connectivity index (χ1) is 12.0. The number of carbonyl (C=O) groups excluding carboxylic acids is 1. The van der Waals surface area contributed by atoms with Gasteiger partial charge in [-0.1, -0.05) is 19.1 Å². The van der Waals surface area contributed by atoms with Gasteiger partial charge >= 0.3 is 0 Å². The highest BCUT2D eigenvalue weighted by Crippen LogP contribution is 2.05. The Morgan fingerprint density at radius 3 is 2.56 bits per heavy atom. The summed E-state index contributed by atoms with van der Waals surface area (Å²) in [5, 5.41) is 9.32. The van der Waals surface area contributed by atoms with E-state index in [1.165, 1.54) is 0 Å². The van der Waals surface area contributed by atoms with Crippen LogP contribution < -0.4 is 16.0 Å². The van der Waals surface area contributed by atoms with Gasteiger partial charge < -0.3 is 16.0 Å². The van der Waals surface area contributed by atoms with Crippen molar-refractivity contribution in [2.45, 2.75) is 33.2 Å². The normalized spacial score (nSPS) is 11.7. The minimum atomic E-state index is -0.0575. The Kier molecular flexibility index (Phi) is 9.62. The number of nitrogens with zero attached hydrogens (tertiary/aromatic N) is 2. The molecule has 0 aliphatic heterocycles. The van der Waals surface area contributed by atoms with Crippen LogP contribution in [0.25, 0.3) is 0 Å². The number of rotatable bonds is 9. The van der Waals surface area contributed by atoms with Gasteiger partial charge in [0.25, 0.3) is 5.91 Å². The van der Waals surface area contributed by atoms with Crippen molar-refractivity contribution in [2.24, 2.45) is 4.99 Å². The van der Waals surface area contributed by atoms with Crippen LogP contribution in [0.2, 0.25) is 0 Å². The zero-order valence-corrected chi connectivity index (χ0v) is 16.2. The van der Waals surface area contributed by atoms with Crippen LogP contribution >= 0.6 is 0 Å². The number of hydrogen-bond donors (Lipinski definition) is 3. The molecule has 140 valence electrons. The highest BCUT2D eigenvalue weighted by molar-refractivity contribution is 5.94. The highest BCUT2D eigenvalue weighted by Gasteiger charge is 2.07. The summed E-state index contributed by atoms with van der Waals surface area (Å²) in [6, 6.07) is 8.25. The zero-order valence-electron chi connectivity index (χ0n) is 16.2. The third-order valence-corrected chi connectivity index (χ3v) is 4.17. The molecule has 0 bridgehead atoms. The minimum absolute atomic E-state index is 0.0575. The van der Waals surface area contributed by atoms with Crippen molar-refractivity contribution in [1.82, 2.24) is 20.9 Å². The van der Waals surface area contributed by atoms with Crippen molar-refractivity contribution in [3.63, 3.8) is 0 Å². The predicted octanol–water partition coefficient (Wildman–Crippen LogP) is 1.48. The first kappa shape index (κ1) is 21.0. The lowest BCUT2D eigenvalue weighted by Gasteiger charge is -2.25. The van der Waals surface area contributed by atoms with Crippen LogP contribution in [0.5, 0.6) is 0 Å². The molecule has 1 aromatic rings. The third-order valence-electron chi connectivity index (χ3n) is 4.17. The van der Waals surface area contributed by atoms with E-state index in [1.807, 2.05) is 24.3 Å². The topological polar surface area (TPSA) is 68.8 Å². The van der Waals surface area contributed by atoms with Gasteiger partial charge in [0.15, 0.2) is 5.96 Å². The quantitative estimate of drug-likeness (QED) is 0.468. The van der Waals surface area contributed by atoms with Gasteiger partial charge in [-0.05, 0) is 44.5 Å². The largest absolute Gasteiger partial charge is 0.356 e. The van der Waals surface area contributed by atoms with E-state index >= 15 is 0 Å². The molecule has 0 aliphatic rings. The number of aliphatic imine (C=N–C) groups is 1. The lowest BCUT2D eigenvalue weighted by molar-refractivity contribution is 0.0963. The van der Waals surface area contributed by atoms with E-state index in [-0.39, 0.29) is 5.91 Å². The number of nitrogens with one attached hydrogen (secondary N) is 3. The Hall–Kier alpha value is -2.08. The molecular weight excluding hydrogens is 314 g/mol. The van der Waals surface area contributed by atoms with E-state index in [1.54, 1.807) is 14.1 Å². The molecule has 0 aliphatic carbocycles. The van der Waals surface area contributed by atoms with Gasteiger partial charge in [0.2, 0.25) is 0 Å². The molecule has 1 rings (SSSR count). The van der Waals surface area contributed by atoms with Crippen molar-refractivity contribution in [2.75, 3.05) is 40.3 Å². The van der Waals surface area contributed by atoms with Gasteiger partial charge in [-0.3, -0.25) is 14.7 Å². The molecule has 0 heterocycles. The predicted molar refractivity (Wildman–Crippen MR) is 105 cm³/mol. The summed E-state index contributed by atoms with van der Waals surface area (Å²) in [6.07, 6.45) is 0.832. The Balaban J connectivity index is 2.39. The van der Waals surface area contributed by atoms with E-state index in [2.05, 4.69) is 46.6 Å². The summed E-state index contributed by atoms with van der Waals surface area (Å²) in [4.78, 5) is 18.3. The van der Waals surface area contributed by atoms with E-state index < -0.39 is 0 Å². The number of amides is 1.